The Morgan fingerprint density at radius 1 is 1.31 bits per heavy atom. The van der Waals surface area contributed by atoms with Gasteiger partial charge in [-0.05, 0) is 42.7 Å². The van der Waals surface area contributed by atoms with E-state index in [1.807, 2.05) is 12.1 Å². The molecule has 0 bridgehead atoms. The topological polar surface area (TPSA) is 115 Å². The number of nitrogens with zero attached hydrogens (tertiary/aromatic N) is 3. The molecule has 0 aliphatic carbocycles. The molecule has 0 saturated carbocycles. The van der Waals surface area contributed by atoms with Crippen molar-refractivity contribution in [2.75, 3.05) is 11.9 Å². The Labute approximate surface area is 207 Å². The van der Waals surface area contributed by atoms with Gasteiger partial charge in [-0.25, -0.2) is 14.2 Å². The average molecular weight is 514 g/mol. The maximum absolute atomic E-state index is 14.1. The van der Waals surface area contributed by atoms with Gasteiger partial charge in [0.15, 0.2) is 5.82 Å². The van der Waals surface area contributed by atoms with Crippen molar-refractivity contribution in [3.05, 3.63) is 76.1 Å². The SMILES string of the molecule is CCOC(=O)c1nc(NC(=O)c2nsc3ccccc23)c2n1CC(=O)NC2c1cc(F)ccc1Cl. The van der Waals surface area contributed by atoms with Crippen LogP contribution in [0.4, 0.5) is 10.2 Å². The number of fused-ring (bicyclic) bond motifs is 2. The van der Waals surface area contributed by atoms with E-state index < -0.39 is 29.6 Å². The molecule has 1 aliphatic rings. The number of amides is 2. The Balaban J connectivity index is 1.64. The highest BCUT2D eigenvalue weighted by molar-refractivity contribution is 7.13. The lowest BCUT2D eigenvalue weighted by molar-refractivity contribution is -0.123. The summed E-state index contributed by atoms with van der Waals surface area (Å²) in [6.07, 6.45) is 0. The lowest BCUT2D eigenvalue weighted by atomic mass is 10.0. The van der Waals surface area contributed by atoms with Crippen LogP contribution in [-0.4, -0.2) is 38.3 Å². The number of esters is 1. The minimum Gasteiger partial charge on any atom is -0.460 e. The van der Waals surface area contributed by atoms with Crippen LogP contribution in [0, 0.1) is 5.82 Å². The minimum absolute atomic E-state index is 0.000428. The predicted molar refractivity (Wildman–Crippen MR) is 127 cm³/mol. The molecule has 9 nitrogen and oxygen atoms in total. The number of nitrogens with one attached hydrogen (secondary N) is 2. The second kappa shape index (κ2) is 9.08. The van der Waals surface area contributed by atoms with Gasteiger partial charge in [0.25, 0.3) is 5.91 Å². The summed E-state index contributed by atoms with van der Waals surface area (Å²) >= 11 is 7.51. The van der Waals surface area contributed by atoms with Crippen LogP contribution >= 0.6 is 23.1 Å². The maximum Gasteiger partial charge on any atom is 0.374 e. The molecule has 5 rings (SSSR count). The molecular weight excluding hydrogens is 497 g/mol. The largest absolute Gasteiger partial charge is 0.460 e. The van der Waals surface area contributed by atoms with Crippen LogP contribution in [-0.2, 0) is 16.1 Å². The Morgan fingerprint density at radius 3 is 2.91 bits per heavy atom. The average Bonchev–Trinajstić information content (AvgIpc) is 3.42. The Morgan fingerprint density at radius 2 is 2.11 bits per heavy atom. The van der Waals surface area contributed by atoms with Crippen molar-refractivity contribution in [3.63, 3.8) is 0 Å². The third-order valence-corrected chi connectivity index (χ3v) is 6.61. The molecule has 2 aromatic carbocycles. The highest BCUT2D eigenvalue weighted by Crippen LogP contribution is 2.36. The first-order valence-electron chi connectivity index (χ1n) is 10.5. The van der Waals surface area contributed by atoms with E-state index >= 15 is 0 Å². The molecule has 0 saturated heterocycles. The molecule has 0 fully saturated rings. The fourth-order valence-electron chi connectivity index (χ4n) is 3.96. The summed E-state index contributed by atoms with van der Waals surface area (Å²) in [7, 11) is 0. The molecule has 35 heavy (non-hydrogen) atoms. The third-order valence-electron chi connectivity index (χ3n) is 5.44. The number of anilines is 1. The van der Waals surface area contributed by atoms with Gasteiger partial charge in [-0.2, -0.15) is 4.37 Å². The molecule has 1 unspecified atom stereocenters. The van der Waals surface area contributed by atoms with E-state index in [1.54, 1.807) is 19.1 Å². The normalized spacial score (nSPS) is 14.9. The molecule has 3 heterocycles. The zero-order valence-corrected chi connectivity index (χ0v) is 19.7. The van der Waals surface area contributed by atoms with Gasteiger partial charge in [-0.3, -0.25) is 9.59 Å². The highest BCUT2D eigenvalue weighted by Gasteiger charge is 2.36. The number of halogens is 2. The first kappa shape index (κ1) is 22.9. The van der Waals surface area contributed by atoms with Crippen molar-refractivity contribution >= 4 is 56.8 Å². The summed E-state index contributed by atoms with van der Waals surface area (Å²) in [5.74, 6) is -2.52. The van der Waals surface area contributed by atoms with Crippen molar-refractivity contribution < 1.29 is 23.5 Å². The summed E-state index contributed by atoms with van der Waals surface area (Å²) in [6.45, 7) is 1.46. The van der Waals surface area contributed by atoms with Crippen LogP contribution in [0.15, 0.2) is 42.5 Å². The van der Waals surface area contributed by atoms with Crippen LogP contribution in [0.3, 0.4) is 0 Å². The second-order valence-electron chi connectivity index (χ2n) is 7.62. The Kier molecular flexibility index (Phi) is 5.95. The van der Waals surface area contributed by atoms with Crippen molar-refractivity contribution in [1.82, 2.24) is 19.2 Å². The van der Waals surface area contributed by atoms with E-state index in [-0.39, 0.29) is 46.8 Å². The van der Waals surface area contributed by atoms with E-state index in [1.165, 1.54) is 34.3 Å². The molecule has 0 radical (unpaired) electrons. The summed E-state index contributed by atoms with van der Waals surface area (Å²) < 4.78 is 25.6. The Hall–Kier alpha value is -3.83. The number of aromatic nitrogens is 3. The predicted octanol–water partition coefficient (Wildman–Crippen LogP) is 3.93. The van der Waals surface area contributed by atoms with Crippen LogP contribution in [0.1, 0.15) is 45.3 Å². The molecule has 0 spiro atoms. The van der Waals surface area contributed by atoms with Crippen LogP contribution in [0.5, 0.6) is 0 Å². The van der Waals surface area contributed by atoms with Gasteiger partial charge >= 0.3 is 5.97 Å². The molecule has 1 aliphatic heterocycles. The molecule has 4 aromatic rings. The number of hydrogen-bond acceptors (Lipinski definition) is 7. The number of carbonyl (C=O) groups excluding carboxylic acids is 3. The Bertz CT molecular complexity index is 1500. The third kappa shape index (κ3) is 4.13. The van der Waals surface area contributed by atoms with Crippen LogP contribution in [0.2, 0.25) is 5.02 Å². The zero-order valence-electron chi connectivity index (χ0n) is 18.2. The smallest absolute Gasteiger partial charge is 0.374 e. The summed E-state index contributed by atoms with van der Waals surface area (Å²) in [5, 5.41) is 6.31. The quantitative estimate of drug-likeness (QED) is 0.391. The van der Waals surface area contributed by atoms with Gasteiger partial charge in [-0.15, -0.1) is 0 Å². The molecule has 2 N–H and O–H groups in total. The van der Waals surface area contributed by atoms with Gasteiger partial charge in [0, 0.05) is 16.0 Å². The second-order valence-corrected chi connectivity index (χ2v) is 8.84. The molecule has 2 aromatic heterocycles. The molecule has 1 atom stereocenters. The number of rotatable bonds is 5. The first-order valence-corrected chi connectivity index (χ1v) is 11.7. The van der Waals surface area contributed by atoms with Crippen LogP contribution in [0.25, 0.3) is 10.1 Å². The van der Waals surface area contributed by atoms with Crippen molar-refractivity contribution in [2.45, 2.75) is 19.5 Å². The van der Waals surface area contributed by atoms with E-state index in [9.17, 15) is 18.8 Å². The van der Waals surface area contributed by atoms with Gasteiger partial charge in [0.1, 0.15) is 18.1 Å². The standard InChI is InChI=1S/C23H17ClFN5O4S/c1-2-34-23(33)21-27-20(28-22(32)18-12-5-3-4-6-15(12)35-29-18)19-17(26-16(31)10-30(19)21)13-9-11(25)7-8-14(13)24/h3-9,17H,2,10H2,1H3,(H,26,31)(H,28,32). The monoisotopic (exact) mass is 513 g/mol. The van der Waals surface area contributed by atoms with Gasteiger partial charge in [-0.1, -0.05) is 29.8 Å². The zero-order chi connectivity index (χ0) is 24.7. The van der Waals surface area contributed by atoms with E-state index in [2.05, 4.69) is 20.0 Å². The number of carbonyl (C=O) groups is 3. The van der Waals surface area contributed by atoms with Gasteiger partial charge in [0.05, 0.1) is 23.0 Å². The highest BCUT2D eigenvalue weighted by atomic mass is 35.5. The fourth-order valence-corrected chi connectivity index (χ4v) is 4.96. The van der Waals surface area contributed by atoms with E-state index in [0.717, 1.165) is 4.70 Å². The van der Waals surface area contributed by atoms with Gasteiger partial charge < -0.3 is 19.9 Å². The maximum atomic E-state index is 14.1. The fraction of sp³-hybridized carbons (Fsp3) is 0.174. The molecule has 178 valence electrons. The van der Waals surface area contributed by atoms with Crippen LogP contribution < -0.4 is 10.6 Å². The summed E-state index contributed by atoms with van der Waals surface area (Å²) in [5.41, 5.74) is 0.684. The lowest BCUT2D eigenvalue weighted by Crippen LogP contribution is -2.40. The summed E-state index contributed by atoms with van der Waals surface area (Å²) in [6, 6.07) is 10.00. The van der Waals surface area contributed by atoms with Crippen molar-refractivity contribution in [1.29, 1.82) is 0 Å². The summed E-state index contributed by atoms with van der Waals surface area (Å²) in [4.78, 5) is 42.7. The van der Waals surface area contributed by atoms with Crippen molar-refractivity contribution in [2.24, 2.45) is 0 Å². The number of ether oxygens (including phenoxy) is 1. The van der Waals surface area contributed by atoms with E-state index in [4.69, 9.17) is 16.3 Å². The first-order chi connectivity index (χ1) is 16.9. The van der Waals surface area contributed by atoms with E-state index in [0.29, 0.717) is 5.39 Å². The lowest BCUT2D eigenvalue weighted by Gasteiger charge is -2.28. The van der Waals surface area contributed by atoms with Gasteiger partial charge in [0.2, 0.25) is 11.7 Å². The number of imidazole rings is 1. The molecule has 12 heteroatoms. The minimum atomic E-state index is -0.988. The molecular formula is C23H17ClFN5O4S. The number of hydrogen-bond donors (Lipinski definition) is 2. The van der Waals surface area contributed by atoms with Crippen molar-refractivity contribution in [3.8, 4) is 0 Å². The number of benzene rings is 2. The molecule has 2 amide bonds.